The van der Waals surface area contributed by atoms with Gasteiger partial charge >= 0.3 is 0 Å². The van der Waals surface area contributed by atoms with Gasteiger partial charge in [0.1, 0.15) is 11.5 Å². The topological polar surface area (TPSA) is 29.5 Å². The molecule has 0 aliphatic heterocycles. The van der Waals surface area contributed by atoms with Crippen molar-refractivity contribution in [1.29, 1.82) is 0 Å². The molecule has 0 atom stereocenters. The SMILES string of the molecule is CC(C)c1cc(O)ccc1OCC1CC1. The highest BCUT2D eigenvalue weighted by molar-refractivity contribution is 5.41. The van der Waals surface area contributed by atoms with Gasteiger partial charge in [0.05, 0.1) is 6.61 Å². The summed E-state index contributed by atoms with van der Waals surface area (Å²) in [7, 11) is 0. The van der Waals surface area contributed by atoms with Gasteiger partial charge in [-0.25, -0.2) is 0 Å². The van der Waals surface area contributed by atoms with Crippen LogP contribution in [0.2, 0.25) is 0 Å². The van der Waals surface area contributed by atoms with E-state index in [1.54, 1.807) is 12.1 Å². The van der Waals surface area contributed by atoms with Crippen molar-refractivity contribution in [1.82, 2.24) is 0 Å². The number of ether oxygens (including phenoxy) is 1. The summed E-state index contributed by atoms with van der Waals surface area (Å²) < 4.78 is 5.77. The second-order valence-electron chi connectivity index (χ2n) is 4.63. The lowest BCUT2D eigenvalue weighted by molar-refractivity contribution is 0.295. The van der Waals surface area contributed by atoms with Gasteiger partial charge in [0.15, 0.2) is 0 Å². The zero-order valence-electron chi connectivity index (χ0n) is 9.36. The largest absolute Gasteiger partial charge is 0.508 e. The third-order valence-corrected chi connectivity index (χ3v) is 2.79. The van der Waals surface area contributed by atoms with Gasteiger partial charge in [-0.3, -0.25) is 0 Å². The van der Waals surface area contributed by atoms with Crippen LogP contribution in [0.5, 0.6) is 11.5 Å². The van der Waals surface area contributed by atoms with Crippen LogP contribution in [-0.4, -0.2) is 11.7 Å². The van der Waals surface area contributed by atoms with E-state index in [4.69, 9.17) is 4.74 Å². The summed E-state index contributed by atoms with van der Waals surface area (Å²) in [6.07, 6.45) is 2.60. The molecular formula is C13H18O2. The molecule has 82 valence electrons. The van der Waals surface area contributed by atoms with Crippen LogP contribution in [0.4, 0.5) is 0 Å². The lowest BCUT2D eigenvalue weighted by Crippen LogP contribution is -2.02. The molecule has 0 aromatic heterocycles. The van der Waals surface area contributed by atoms with Gasteiger partial charge in [-0.2, -0.15) is 0 Å². The third-order valence-electron chi connectivity index (χ3n) is 2.79. The Hall–Kier alpha value is -1.18. The Morgan fingerprint density at radius 2 is 2.13 bits per heavy atom. The van der Waals surface area contributed by atoms with Crippen LogP contribution >= 0.6 is 0 Å². The lowest BCUT2D eigenvalue weighted by Gasteiger charge is -2.14. The zero-order valence-corrected chi connectivity index (χ0v) is 9.36. The number of benzene rings is 1. The summed E-state index contributed by atoms with van der Waals surface area (Å²) in [5.74, 6) is 2.39. The van der Waals surface area contributed by atoms with Crippen LogP contribution in [0, 0.1) is 5.92 Å². The first-order valence-electron chi connectivity index (χ1n) is 5.62. The second-order valence-corrected chi connectivity index (χ2v) is 4.63. The van der Waals surface area contributed by atoms with Crippen molar-refractivity contribution in [2.75, 3.05) is 6.61 Å². The van der Waals surface area contributed by atoms with Crippen LogP contribution in [0.15, 0.2) is 18.2 Å². The molecule has 0 heterocycles. The van der Waals surface area contributed by atoms with E-state index in [-0.39, 0.29) is 0 Å². The van der Waals surface area contributed by atoms with E-state index in [1.807, 2.05) is 6.07 Å². The van der Waals surface area contributed by atoms with Crippen molar-refractivity contribution >= 4 is 0 Å². The number of phenols is 1. The molecule has 2 heteroatoms. The fourth-order valence-corrected chi connectivity index (χ4v) is 1.61. The number of phenolic OH excluding ortho intramolecular Hbond substituents is 1. The molecular weight excluding hydrogens is 188 g/mol. The van der Waals surface area contributed by atoms with Gasteiger partial charge in [-0.05, 0) is 42.9 Å². The molecule has 1 fully saturated rings. The minimum atomic E-state index is 0.317. The summed E-state index contributed by atoms with van der Waals surface area (Å²) in [5, 5.41) is 9.42. The van der Waals surface area contributed by atoms with E-state index in [1.165, 1.54) is 12.8 Å². The molecule has 15 heavy (non-hydrogen) atoms. The van der Waals surface area contributed by atoms with Crippen molar-refractivity contribution < 1.29 is 9.84 Å². The van der Waals surface area contributed by atoms with E-state index >= 15 is 0 Å². The van der Waals surface area contributed by atoms with Crippen LogP contribution in [0.3, 0.4) is 0 Å². The highest BCUT2D eigenvalue weighted by Crippen LogP contribution is 2.33. The monoisotopic (exact) mass is 206 g/mol. The van der Waals surface area contributed by atoms with E-state index in [9.17, 15) is 5.11 Å². The molecule has 1 aliphatic rings. The summed E-state index contributed by atoms with van der Waals surface area (Å²) in [5.41, 5.74) is 1.09. The molecule has 1 aromatic rings. The second kappa shape index (κ2) is 4.13. The maximum absolute atomic E-state index is 9.42. The maximum atomic E-state index is 9.42. The fourth-order valence-electron chi connectivity index (χ4n) is 1.61. The van der Waals surface area contributed by atoms with E-state index in [0.29, 0.717) is 11.7 Å². The van der Waals surface area contributed by atoms with Crippen LogP contribution in [0.25, 0.3) is 0 Å². The summed E-state index contributed by atoms with van der Waals surface area (Å²) >= 11 is 0. The van der Waals surface area contributed by atoms with Crippen molar-refractivity contribution in [3.8, 4) is 11.5 Å². The standard InChI is InChI=1S/C13H18O2/c1-9(2)12-7-11(14)5-6-13(12)15-8-10-3-4-10/h5-7,9-10,14H,3-4,8H2,1-2H3. The van der Waals surface area contributed by atoms with Crippen LogP contribution < -0.4 is 4.74 Å². The van der Waals surface area contributed by atoms with Gasteiger partial charge in [0.25, 0.3) is 0 Å². The van der Waals surface area contributed by atoms with E-state index in [0.717, 1.165) is 23.8 Å². The summed E-state index contributed by atoms with van der Waals surface area (Å²) in [6, 6.07) is 5.36. The molecule has 0 spiro atoms. The Kier molecular flexibility index (Phi) is 2.85. The van der Waals surface area contributed by atoms with Gasteiger partial charge in [0, 0.05) is 5.56 Å². The molecule has 1 saturated carbocycles. The van der Waals surface area contributed by atoms with Gasteiger partial charge in [-0.15, -0.1) is 0 Å². The Morgan fingerprint density at radius 1 is 1.40 bits per heavy atom. The molecule has 0 unspecified atom stereocenters. The minimum Gasteiger partial charge on any atom is -0.508 e. The highest BCUT2D eigenvalue weighted by Gasteiger charge is 2.22. The zero-order chi connectivity index (χ0) is 10.8. The molecule has 1 aliphatic carbocycles. The molecule has 0 radical (unpaired) electrons. The van der Waals surface area contributed by atoms with Crippen LogP contribution in [0.1, 0.15) is 38.2 Å². The first-order valence-corrected chi connectivity index (χ1v) is 5.62. The van der Waals surface area contributed by atoms with Crippen molar-refractivity contribution in [2.24, 2.45) is 5.92 Å². The molecule has 1 aromatic carbocycles. The molecule has 0 amide bonds. The molecule has 0 saturated heterocycles. The Morgan fingerprint density at radius 3 is 2.73 bits per heavy atom. The molecule has 2 nitrogen and oxygen atoms in total. The van der Waals surface area contributed by atoms with Crippen LogP contribution in [-0.2, 0) is 0 Å². The highest BCUT2D eigenvalue weighted by atomic mass is 16.5. The van der Waals surface area contributed by atoms with Crippen molar-refractivity contribution in [3.63, 3.8) is 0 Å². The Bertz CT molecular complexity index is 340. The smallest absolute Gasteiger partial charge is 0.123 e. The summed E-state index contributed by atoms with van der Waals surface area (Å²) in [6.45, 7) is 5.04. The Labute approximate surface area is 90.9 Å². The van der Waals surface area contributed by atoms with Gasteiger partial charge in [-0.1, -0.05) is 13.8 Å². The van der Waals surface area contributed by atoms with Gasteiger partial charge in [0.2, 0.25) is 0 Å². The first-order chi connectivity index (χ1) is 7.16. The summed E-state index contributed by atoms with van der Waals surface area (Å²) in [4.78, 5) is 0. The predicted molar refractivity (Wildman–Crippen MR) is 60.4 cm³/mol. The maximum Gasteiger partial charge on any atom is 0.123 e. The molecule has 2 rings (SSSR count). The molecule has 0 bridgehead atoms. The third kappa shape index (κ3) is 2.65. The first kappa shape index (κ1) is 10.3. The predicted octanol–water partition coefficient (Wildman–Crippen LogP) is 3.30. The normalized spacial score (nSPS) is 15.7. The Balaban J connectivity index is 2.12. The average molecular weight is 206 g/mol. The number of rotatable bonds is 4. The van der Waals surface area contributed by atoms with E-state index < -0.39 is 0 Å². The van der Waals surface area contributed by atoms with Crippen molar-refractivity contribution in [3.05, 3.63) is 23.8 Å². The number of aromatic hydroxyl groups is 1. The average Bonchev–Trinajstić information content (AvgIpc) is 2.99. The molecule has 1 N–H and O–H groups in total. The minimum absolute atomic E-state index is 0.317. The van der Waals surface area contributed by atoms with Gasteiger partial charge < -0.3 is 9.84 Å². The number of hydrogen-bond donors (Lipinski definition) is 1. The number of hydrogen-bond acceptors (Lipinski definition) is 2. The van der Waals surface area contributed by atoms with Crippen molar-refractivity contribution in [2.45, 2.75) is 32.6 Å². The lowest BCUT2D eigenvalue weighted by atomic mass is 10.0. The van der Waals surface area contributed by atoms with E-state index in [2.05, 4.69) is 13.8 Å². The fraction of sp³-hybridized carbons (Fsp3) is 0.538. The quantitative estimate of drug-likeness (QED) is 0.819.